The number of amidine groups is 2. The van der Waals surface area contributed by atoms with Crippen LogP contribution in [0.3, 0.4) is 0 Å². The first-order chi connectivity index (χ1) is 15.5. The number of benzene rings is 2. The summed E-state index contributed by atoms with van der Waals surface area (Å²) >= 11 is 0. The maximum Gasteiger partial charge on any atom is 0.328 e. The van der Waals surface area contributed by atoms with Crippen molar-refractivity contribution in [2.24, 2.45) is 11.5 Å². The second kappa shape index (κ2) is 11.2. The van der Waals surface area contributed by atoms with Gasteiger partial charge in [-0.3, -0.25) is 27.1 Å². The van der Waals surface area contributed by atoms with Gasteiger partial charge in [-0.05, 0) is 48.9 Å². The number of amides is 1. The van der Waals surface area contributed by atoms with Crippen molar-refractivity contribution in [3.8, 4) is 0 Å². The molecule has 0 radical (unpaired) electrons. The standard InChI is InChI=1S/C21H26N6O5S/c1-2-32-21(29)17(11-13-4-3-5-15(10-13)20(24)25)27-18(28)12-26-33(30,31)16-8-6-14(7-9-16)19(22)23/h3-10,17,26H,2,11-12H2,1H3,(H3,22,23)(H3,24,25)(H,27,28)/p+2. The Balaban J connectivity index is 2.07. The molecule has 1 unspecified atom stereocenters. The summed E-state index contributed by atoms with van der Waals surface area (Å²) in [6, 6.07) is 11.3. The van der Waals surface area contributed by atoms with Gasteiger partial charge in [0.1, 0.15) is 6.04 Å². The Kier molecular flexibility index (Phi) is 8.65. The van der Waals surface area contributed by atoms with Gasteiger partial charge in [0.2, 0.25) is 15.9 Å². The number of carbonyl (C=O) groups excluding carboxylic acids is 2. The SMILES string of the molecule is CCOC(=O)C(Cc1cccc(C(N)=[NH2+])c1)NC(=O)CNS(=O)(=O)c1ccc(C(N)=[NH2+])cc1. The van der Waals surface area contributed by atoms with E-state index >= 15 is 0 Å². The first kappa shape index (κ1) is 25.5. The summed E-state index contributed by atoms with van der Waals surface area (Å²) in [5, 5.41) is 13.6. The van der Waals surface area contributed by atoms with Crippen LogP contribution >= 0.6 is 0 Å². The van der Waals surface area contributed by atoms with E-state index in [4.69, 9.17) is 27.0 Å². The highest BCUT2D eigenvalue weighted by Crippen LogP contribution is 2.10. The summed E-state index contributed by atoms with van der Waals surface area (Å²) in [6.45, 7) is 1.16. The molecule has 12 heteroatoms. The Hall–Kier alpha value is -3.77. The van der Waals surface area contributed by atoms with Crippen LogP contribution in [0, 0.1) is 0 Å². The van der Waals surface area contributed by atoms with Gasteiger partial charge >= 0.3 is 5.97 Å². The van der Waals surface area contributed by atoms with Crippen molar-refractivity contribution in [2.45, 2.75) is 24.3 Å². The lowest BCUT2D eigenvalue weighted by atomic mass is 10.0. The van der Waals surface area contributed by atoms with Crippen LogP contribution in [0.5, 0.6) is 0 Å². The van der Waals surface area contributed by atoms with Gasteiger partial charge in [0, 0.05) is 6.42 Å². The maximum atomic E-state index is 12.5. The number of esters is 1. The highest BCUT2D eigenvalue weighted by atomic mass is 32.2. The molecule has 1 atom stereocenters. The molecule has 0 heterocycles. The van der Waals surface area contributed by atoms with E-state index < -0.39 is 34.5 Å². The molecule has 0 aliphatic carbocycles. The van der Waals surface area contributed by atoms with E-state index in [1.54, 1.807) is 31.2 Å². The highest BCUT2D eigenvalue weighted by Gasteiger charge is 2.24. The number of rotatable bonds is 11. The quantitative estimate of drug-likeness (QED) is 0.108. The van der Waals surface area contributed by atoms with Gasteiger partial charge in [-0.1, -0.05) is 12.1 Å². The smallest absolute Gasteiger partial charge is 0.328 e. The van der Waals surface area contributed by atoms with E-state index in [2.05, 4.69) is 10.0 Å². The zero-order valence-corrected chi connectivity index (χ0v) is 18.9. The van der Waals surface area contributed by atoms with E-state index in [0.717, 1.165) is 0 Å². The fraction of sp³-hybridized carbons (Fsp3) is 0.238. The lowest BCUT2D eigenvalue weighted by molar-refractivity contribution is -0.147. The van der Waals surface area contributed by atoms with Crippen molar-refractivity contribution < 1.29 is 33.6 Å². The fourth-order valence-corrected chi connectivity index (χ4v) is 3.85. The van der Waals surface area contributed by atoms with Crippen LogP contribution in [0.25, 0.3) is 0 Å². The van der Waals surface area contributed by atoms with Crippen molar-refractivity contribution >= 4 is 33.6 Å². The number of ether oxygens (including phenoxy) is 1. The van der Waals surface area contributed by atoms with Gasteiger partial charge in [0.25, 0.3) is 11.7 Å². The second-order valence-corrected chi connectivity index (χ2v) is 8.80. The fourth-order valence-electron chi connectivity index (χ4n) is 2.87. The van der Waals surface area contributed by atoms with Gasteiger partial charge < -0.3 is 10.1 Å². The third-order valence-electron chi connectivity index (χ3n) is 4.53. The van der Waals surface area contributed by atoms with Crippen molar-refractivity contribution in [2.75, 3.05) is 13.2 Å². The monoisotopic (exact) mass is 476 g/mol. The largest absolute Gasteiger partial charge is 0.464 e. The molecule has 176 valence electrons. The first-order valence-electron chi connectivity index (χ1n) is 9.94. The molecule has 1 amide bonds. The molecular weight excluding hydrogens is 448 g/mol. The summed E-state index contributed by atoms with van der Waals surface area (Å²) in [4.78, 5) is 24.7. The molecule has 0 aromatic heterocycles. The lowest BCUT2D eigenvalue weighted by Crippen LogP contribution is -2.47. The molecule has 0 aliphatic heterocycles. The van der Waals surface area contributed by atoms with Crippen LogP contribution in [0.2, 0.25) is 0 Å². The second-order valence-electron chi connectivity index (χ2n) is 7.04. The zero-order chi connectivity index (χ0) is 24.6. The molecule has 2 aromatic rings. The van der Waals surface area contributed by atoms with Gasteiger partial charge in [0.05, 0.1) is 29.2 Å². The molecule has 33 heavy (non-hydrogen) atoms. The zero-order valence-electron chi connectivity index (χ0n) is 18.1. The number of nitrogens with two attached hydrogens (primary N) is 4. The predicted octanol–water partition coefficient (Wildman–Crippen LogP) is -3.82. The van der Waals surface area contributed by atoms with Crippen LogP contribution < -0.4 is 32.3 Å². The van der Waals surface area contributed by atoms with E-state index in [9.17, 15) is 18.0 Å². The predicted molar refractivity (Wildman–Crippen MR) is 121 cm³/mol. The van der Waals surface area contributed by atoms with Gasteiger partial charge in [-0.2, -0.15) is 0 Å². The summed E-state index contributed by atoms with van der Waals surface area (Å²) in [6.07, 6.45) is 0.0942. The molecule has 11 nitrogen and oxygen atoms in total. The molecule has 0 spiro atoms. The minimum atomic E-state index is -3.99. The highest BCUT2D eigenvalue weighted by molar-refractivity contribution is 7.89. The molecule has 0 fully saturated rings. The van der Waals surface area contributed by atoms with Crippen LogP contribution in [-0.4, -0.2) is 51.2 Å². The number of hydrogen-bond donors (Lipinski definition) is 6. The van der Waals surface area contributed by atoms with Gasteiger partial charge in [-0.25, -0.2) is 17.9 Å². The van der Waals surface area contributed by atoms with E-state index in [0.29, 0.717) is 16.7 Å². The normalized spacial score (nSPS) is 11.9. The topological polar surface area (TPSA) is 205 Å². The summed E-state index contributed by atoms with van der Waals surface area (Å²) < 4.78 is 32.1. The molecule has 10 N–H and O–H groups in total. The minimum absolute atomic E-state index is 0.0499. The summed E-state index contributed by atoms with van der Waals surface area (Å²) in [5.41, 5.74) is 12.8. The molecule has 0 saturated carbocycles. The van der Waals surface area contributed by atoms with Crippen molar-refractivity contribution in [1.82, 2.24) is 10.0 Å². The van der Waals surface area contributed by atoms with Crippen LogP contribution in [0.1, 0.15) is 23.6 Å². The molecule has 2 aromatic carbocycles. The average Bonchev–Trinajstić information content (AvgIpc) is 2.77. The molecule has 0 aliphatic rings. The van der Waals surface area contributed by atoms with E-state index in [1.165, 1.54) is 24.3 Å². The van der Waals surface area contributed by atoms with Crippen LogP contribution in [-0.2, 0) is 30.8 Å². The van der Waals surface area contributed by atoms with Gasteiger partial charge in [0.15, 0.2) is 0 Å². The Labute approximate surface area is 191 Å². The maximum absolute atomic E-state index is 12.5. The number of carbonyl (C=O) groups is 2. The van der Waals surface area contributed by atoms with E-state index in [-0.39, 0.29) is 29.6 Å². The Morgan fingerprint density at radius 1 is 1.03 bits per heavy atom. The summed E-state index contributed by atoms with van der Waals surface area (Å²) in [7, 11) is -3.99. The Morgan fingerprint density at radius 3 is 2.24 bits per heavy atom. The molecule has 0 saturated heterocycles. The number of hydrogen-bond acceptors (Lipinski definition) is 5. The lowest BCUT2D eigenvalue weighted by Gasteiger charge is -2.18. The van der Waals surface area contributed by atoms with E-state index in [1.807, 2.05) is 0 Å². The van der Waals surface area contributed by atoms with Crippen LogP contribution in [0.4, 0.5) is 0 Å². The molecule has 0 bridgehead atoms. The summed E-state index contributed by atoms with van der Waals surface area (Å²) in [5.74, 6) is -1.21. The van der Waals surface area contributed by atoms with Crippen molar-refractivity contribution in [3.63, 3.8) is 0 Å². The Morgan fingerprint density at radius 2 is 1.67 bits per heavy atom. The number of nitrogens with one attached hydrogen (secondary N) is 2. The average molecular weight is 477 g/mol. The first-order valence-corrected chi connectivity index (χ1v) is 11.4. The van der Waals surface area contributed by atoms with Gasteiger partial charge in [-0.15, -0.1) is 0 Å². The third kappa shape index (κ3) is 7.40. The van der Waals surface area contributed by atoms with Crippen molar-refractivity contribution in [3.05, 3.63) is 65.2 Å². The third-order valence-corrected chi connectivity index (χ3v) is 5.94. The number of sulfonamides is 1. The molecular formula is C21H28N6O5S+2. The Bertz CT molecular complexity index is 1150. The minimum Gasteiger partial charge on any atom is -0.464 e. The van der Waals surface area contributed by atoms with Crippen molar-refractivity contribution in [1.29, 1.82) is 0 Å². The van der Waals surface area contributed by atoms with Crippen LogP contribution in [0.15, 0.2) is 53.4 Å². The molecule has 2 rings (SSSR count).